The summed E-state index contributed by atoms with van der Waals surface area (Å²) in [5.74, 6) is -2.78. The Morgan fingerprint density at radius 1 is 1.52 bits per heavy atom. The summed E-state index contributed by atoms with van der Waals surface area (Å²) in [7, 11) is 0. The average Bonchev–Trinajstić information content (AvgIpc) is 2.99. The molecule has 128 valence electrons. The number of carbonyl (C=O) groups is 2. The molecule has 8 nitrogen and oxygen atoms in total. The van der Waals surface area contributed by atoms with Crippen molar-refractivity contribution < 1.29 is 19.2 Å². The molecule has 0 aliphatic rings. The Hall–Kier alpha value is -2.83. The fourth-order valence-corrected chi connectivity index (χ4v) is 2.91. The number of nitriles is 1. The normalized spacial score (nSPS) is 11.4. The number of ether oxygens (including phenoxy) is 1. The summed E-state index contributed by atoms with van der Waals surface area (Å²) in [5, 5.41) is 21.9. The zero-order valence-corrected chi connectivity index (χ0v) is 14.3. The highest BCUT2D eigenvalue weighted by Gasteiger charge is 2.25. The van der Waals surface area contributed by atoms with Crippen LogP contribution in [0.5, 0.6) is 0 Å². The Bertz CT molecular complexity index is 890. The predicted molar refractivity (Wildman–Crippen MR) is 88.6 cm³/mol. The van der Waals surface area contributed by atoms with Crippen LogP contribution in [0.1, 0.15) is 27.0 Å². The van der Waals surface area contributed by atoms with Crippen LogP contribution in [0.2, 0.25) is 5.02 Å². The number of non-ortho nitro benzene ring substituents is 1. The summed E-state index contributed by atoms with van der Waals surface area (Å²) in [6.45, 7) is 1.05. The number of aromatic nitrogens is 1. The average molecular weight is 380 g/mol. The molecule has 0 aliphatic carbocycles. The van der Waals surface area contributed by atoms with Crippen LogP contribution in [0, 0.1) is 28.4 Å². The molecule has 0 saturated carbocycles. The zero-order chi connectivity index (χ0) is 18.6. The minimum Gasteiger partial charge on any atom is -0.454 e. The van der Waals surface area contributed by atoms with Gasteiger partial charge in [-0.25, -0.2) is 9.78 Å². The highest BCUT2D eigenvalue weighted by Crippen LogP contribution is 2.24. The van der Waals surface area contributed by atoms with Crippen molar-refractivity contribution >= 4 is 40.4 Å². The summed E-state index contributed by atoms with van der Waals surface area (Å²) in [6.07, 6.45) is 0. The number of halogens is 1. The van der Waals surface area contributed by atoms with Crippen molar-refractivity contribution in [1.82, 2.24) is 4.98 Å². The maximum absolute atomic E-state index is 12.1. The number of Topliss-reactive ketones (excluding diaryl/α,β-unsaturated/α-hetero) is 1. The Morgan fingerprint density at radius 3 is 2.80 bits per heavy atom. The molecule has 0 fully saturated rings. The van der Waals surface area contributed by atoms with E-state index >= 15 is 0 Å². The number of nitro benzene ring substituents is 1. The molecular weight excluding hydrogens is 370 g/mol. The van der Waals surface area contributed by atoms with E-state index in [1.807, 2.05) is 6.07 Å². The first-order chi connectivity index (χ1) is 11.8. The van der Waals surface area contributed by atoms with E-state index in [0.717, 1.165) is 23.5 Å². The molecule has 0 bridgehead atoms. The van der Waals surface area contributed by atoms with Crippen LogP contribution in [0.15, 0.2) is 23.6 Å². The number of aryl methyl sites for hydroxylation is 1. The third-order valence-corrected chi connectivity index (χ3v) is 4.42. The van der Waals surface area contributed by atoms with Gasteiger partial charge in [-0.1, -0.05) is 11.6 Å². The van der Waals surface area contributed by atoms with Crippen LogP contribution in [-0.2, 0) is 9.53 Å². The summed E-state index contributed by atoms with van der Waals surface area (Å²) >= 11 is 6.99. The second-order valence-electron chi connectivity index (χ2n) is 4.85. The van der Waals surface area contributed by atoms with Gasteiger partial charge in [-0.3, -0.25) is 14.9 Å². The Balaban J connectivity index is 2.09. The quantitative estimate of drug-likeness (QED) is 0.429. The van der Waals surface area contributed by atoms with Crippen LogP contribution in [0.25, 0.3) is 0 Å². The van der Waals surface area contributed by atoms with E-state index in [-0.39, 0.29) is 16.3 Å². The van der Waals surface area contributed by atoms with Crippen molar-refractivity contribution in [2.24, 2.45) is 0 Å². The van der Waals surface area contributed by atoms with Crippen molar-refractivity contribution in [3.05, 3.63) is 55.0 Å². The zero-order valence-electron chi connectivity index (χ0n) is 12.8. The number of hydrogen-bond donors (Lipinski definition) is 0. The fourth-order valence-electron chi connectivity index (χ4n) is 1.85. The number of hydrogen-bond acceptors (Lipinski definition) is 8. The summed E-state index contributed by atoms with van der Waals surface area (Å²) in [4.78, 5) is 38.3. The van der Waals surface area contributed by atoms with Gasteiger partial charge in [0.15, 0.2) is 18.3 Å². The number of esters is 1. The van der Waals surface area contributed by atoms with Crippen molar-refractivity contribution in [3.63, 3.8) is 0 Å². The van der Waals surface area contributed by atoms with Gasteiger partial charge in [0.05, 0.1) is 21.6 Å². The number of thiazole rings is 1. The van der Waals surface area contributed by atoms with E-state index < -0.39 is 29.2 Å². The van der Waals surface area contributed by atoms with Crippen molar-refractivity contribution in [2.75, 3.05) is 6.61 Å². The minimum absolute atomic E-state index is 0.0459. The van der Waals surface area contributed by atoms with Crippen LogP contribution >= 0.6 is 22.9 Å². The lowest BCUT2D eigenvalue weighted by molar-refractivity contribution is -0.384. The third-order valence-electron chi connectivity index (χ3n) is 3.06. The molecule has 1 aromatic carbocycles. The van der Waals surface area contributed by atoms with Crippen molar-refractivity contribution in [1.29, 1.82) is 5.26 Å². The molecule has 0 amide bonds. The molecule has 2 rings (SSSR count). The molecule has 0 N–H and O–H groups in total. The van der Waals surface area contributed by atoms with Crippen molar-refractivity contribution in [2.45, 2.75) is 12.8 Å². The molecule has 2 aromatic rings. The van der Waals surface area contributed by atoms with E-state index in [1.165, 1.54) is 6.07 Å². The highest BCUT2D eigenvalue weighted by atomic mass is 35.5. The smallest absolute Gasteiger partial charge is 0.340 e. The Morgan fingerprint density at radius 2 is 2.24 bits per heavy atom. The van der Waals surface area contributed by atoms with E-state index in [2.05, 4.69) is 4.98 Å². The van der Waals surface area contributed by atoms with Gasteiger partial charge in [-0.15, -0.1) is 11.3 Å². The second kappa shape index (κ2) is 7.83. The lowest BCUT2D eigenvalue weighted by Gasteiger charge is -2.08. The molecule has 10 heteroatoms. The topological polar surface area (TPSA) is 123 Å². The van der Waals surface area contributed by atoms with Crippen LogP contribution < -0.4 is 0 Å². The van der Waals surface area contributed by atoms with Gasteiger partial charge in [0.1, 0.15) is 5.01 Å². The molecule has 1 atom stereocenters. The summed E-state index contributed by atoms with van der Waals surface area (Å²) < 4.78 is 4.85. The first-order valence-corrected chi connectivity index (χ1v) is 8.04. The Labute approximate surface area is 150 Å². The molecule has 1 heterocycles. The maximum atomic E-state index is 12.1. The monoisotopic (exact) mass is 379 g/mol. The van der Waals surface area contributed by atoms with E-state index in [4.69, 9.17) is 21.6 Å². The summed E-state index contributed by atoms with van der Waals surface area (Å²) in [6, 6.07) is 5.11. The van der Waals surface area contributed by atoms with Crippen LogP contribution in [0.3, 0.4) is 0 Å². The van der Waals surface area contributed by atoms with Gasteiger partial charge in [0.2, 0.25) is 0 Å². The first-order valence-electron chi connectivity index (χ1n) is 6.79. The fraction of sp³-hybridized carbons (Fsp3) is 0.200. The largest absolute Gasteiger partial charge is 0.454 e. The number of benzene rings is 1. The Kier molecular flexibility index (Phi) is 5.80. The number of rotatable bonds is 6. The van der Waals surface area contributed by atoms with E-state index in [1.54, 1.807) is 12.3 Å². The SMILES string of the molecule is Cc1csc(C(C#N)C(=O)COC(=O)c2cc([N+](=O)[O-])ccc2Cl)n1. The van der Waals surface area contributed by atoms with Crippen LogP contribution in [0.4, 0.5) is 5.69 Å². The molecule has 0 spiro atoms. The molecule has 1 unspecified atom stereocenters. The van der Waals surface area contributed by atoms with Gasteiger partial charge in [0, 0.05) is 23.2 Å². The van der Waals surface area contributed by atoms with E-state index in [9.17, 15) is 19.7 Å². The first kappa shape index (κ1) is 18.5. The van der Waals surface area contributed by atoms with Gasteiger partial charge < -0.3 is 4.74 Å². The second-order valence-corrected chi connectivity index (χ2v) is 6.15. The lowest BCUT2D eigenvalue weighted by atomic mass is 10.1. The highest BCUT2D eigenvalue weighted by molar-refractivity contribution is 7.09. The molecule has 0 aliphatic heterocycles. The van der Waals surface area contributed by atoms with Crippen molar-refractivity contribution in [3.8, 4) is 6.07 Å². The minimum atomic E-state index is -1.15. The number of nitrogens with zero attached hydrogens (tertiary/aromatic N) is 3. The third kappa shape index (κ3) is 4.37. The number of ketones is 1. The van der Waals surface area contributed by atoms with Gasteiger partial charge in [-0.05, 0) is 13.0 Å². The standard InChI is InChI=1S/C15H10ClN3O5S/c1-8-7-25-14(18-8)11(5-17)13(20)6-24-15(21)10-4-9(19(22)23)2-3-12(10)16/h2-4,7,11H,6H2,1H3. The summed E-state index contributed by atoms with van der Waals surface area (Å²) in [5.41, 5.74) is 0.103. The molecular formula is C15H10ClN3O5S. The molecule has 25 heavy (non-hydrogen) atoms. The van der Waals surface area contributed by atoms with E-state index in [0.29, 0.717) is 10.7 Å². The maximum Gasteiger partial charge on any atom is 0.340 e. The molecule has 0 saturated heterocycles. The lowest BCUT2D eigenvalue weighted by Crippen LogP contribution is -2.20. The van der Waals surface area contributed by atoms with Crippen LogP contribution in [-0.4, -0.2) is 28.3 Å². The number of nitro groups is 1. The van der Waals surface area contributed by atoms with Gasteiger partial charge in [-0.2, -0.15) is 5.26 Å². The molecule has 1 aromatic heterocycles. The van der Waals surface area contributed by atoms with Gasteiger partial charge >= 0.3 is 5.97 Å². The predicted octanol–water partition coefficient (Wildman–Crippen LogP) is 3.05. The number of carbonyl (C=O) groups excluding carboxylic acids is 2. The molecule has 0 radical (unpaired) electrons. The van der Waals surface area contributed by atoms with Gasteiger partial charge in [0.25, 0.3) is 5.69 Å².